The molecule has 0 radical (unpaired) electrons. The fourth-order valence-corrected chi connectivity index (χ4v) is 4.41. The predicted octanol–water partition coefficient (Wildman–Crippen LogP) is 1.05. The minimum absolute atomic E-state index is 0.0101. The molecule has 2 rings (SSSR count). The summed E-state index contributed by atoms with van der Waals surface area (Å²) in [4.78, 5) is 12.1. The van der Waals surface area contributed by atoms with Crippen molar-refractivity contribution in [1.29, 1.82) is 0 Å². The molecule has 6 nitrogen and oxygen atoms in total. The molecule has 0 aliphatic heterocycles. The van der Waals surface area contributed by atoms with Crippen LogP contribution in [0.5, 0.6) is 0 Å². The molecule has 8 heteroatoms. The zero-order valence-corrected chi connectivity index (χ0v) is 13.3. The molecule has 104 valence electrons. The molecule has 1 heterocycles. The van der Waals surface area contributed by atoms with Crippen molar-refractivity contribution < 1.29 is 13.6 Å². The first kappa shape index (κ1) is 14.7. The van der Waals surface area contributed by atoms with Crippen LogP contribution in [0.1, 0.15) is 0 Å². The van der Waals surface area contributed by atoms with Gasteiger partial charge in [-0.3, -0.25) is 0 Å². The van der Waals surface area contributed by atoms with Gasteiger partial charge in [0, 0.05) is 0 Å². The summed E-state index contributed by atoms with van der Waals surface area (Å²) in [5.74, 6) is 0. The Bertz CT molecular complexity index is 658. The molecule has 1 aromatic carbocycles. The molecular formula is C11H15N2O4PSe. The monoisotopic (exact) mass is 350 g/mol. The van der Waals surface area contributed by atoms with Gasteiger partial charge >= 0.3 is 116 Å². The average Bonchev–Trinajstić information content (AvgIpc) is 2.76. The molecule has 0 spiro atoms. The van der Waals surface area contributed by atoms with E-state index in [9.17, 15) is 9.36 Å². The van der Waals surface area contributed by atoms with Crippen LogP contribution in [0.2, 0.25) is 0 Å². The summed E-state index contributed by atoms with van der Waals surface area (Å²) < 4.78 is 24.5. The van der Waals surface area contributed by atoms with Gasteiger partial charge in [-0.15, -0.1) is 0 Å². The Kier molecular flexibility index (Phi) is 4.79. The Morgan fingerprint density at radius 3 is 2.79 bits per heavy atom. The predicted molar refractivity (Wildman–Crippen MR) is 74.8 cm³/mol. The number of hydrogen-bond acceptors (Lipinski definition) is 4. The van der Waals surface area contributed by atoms with Gasteiger partial charge in [-0.25, -0.2) is 0 Å². The molecule has 1 N–H and O–H groups in total. The molecule has 1 atom stereocenters. The standard InChI is InChI=1S/C11H15N2O4PSe/c1-12-18(15,16-2)17-8-7-13-11(14)9-5-3-4-6-10(9)19-13/h3-6H,7-8H2,1-2H3,(H,12,15). The summed E-state index contributed by atoms with van der Waals surface area (Å²) in [7, 11) is -0.390. The van der Waals surface area contributed by atoms with Gasteiger partial charge in [0.25, 0.3) is 0 Å². The summed E-state index contributed by atoms with van der Waals surface area (Å²) >= 11 is -0.0340. The van der Waals surface area contributed by atoms with E-state index in [0.717, 1.165) is 9.65 Å². The van der Waals surface area contributed by atoms with E-state index in [1.54, 1.807) is 3.56 Å². The van der Waals surface area contributed by atoms with Crippen molar-refractivity contribution in [3.63, 3.8) is 0 Å². The van der Waals surface area contributed by atoms with E-state index >= 15 is 0 Å². The van der Waals surface area contributed by atoms with Crippen molar-refractivity contribution in [3.05, 3.63) is 34.6 Å². The van der Waals surface area contributed by atoms with Crippen LogP contribution in [0, 0.1) is 0 Å². The van der Waals surface area contributed by atoms with E-state index in [1.165, 1.54) is 14.2 Å². The second kappa shape index (κ2) is 6.18. The summed E-state index contributed by atoms with van der Waals surface area (Å²) in [5.41, 5.74) is 0.0101. The molecule has 0 aliphatic carbocycles. The van der Waals surface area contributed by atoms with Gasteiger partial charge in [-0.2, -0.15) is 0 Å². The Labute approximate surface area is 116 Å². The first-order chi connectivity index (χ1) is 9.09. The first-order valence-corrected chi connectivity index (χ1v) is 8.84. The van der Waals surface area contributed by atoms with Crippen molar-refractivity contribution in [2.24, 2.45) is 0 Å². The molecule has 2 aromatic rings. The Morgan fingerprint density at radius 1 is 1.42 bits per heavy atom. The average molecular weight is 349 g/mol. The Morgan fingerprint density at radius 2 is 2.16 bits per heavy atom. The molecule has 0 fully saturated rings. The third-order valence-corrected chi connectivity index (χ3v) is 6.53. The number of benzene rings is 1. The fraction of sp³-hybridized carbons (Fsp3) is 0.364. The third-order valence-electron chi connectivity index (χ3n) is 2.62. The van der Waals surface area contributed by atoms with E-state index in [0.29, 0.717) is 6.54 Å². The quantitative estimate of drug-likeness (QED) is 0.624. The summed E-state index contributed by atoms with van der Waals surface area (Å²) in [6.07, 6.45) is 0. The zero-order valence-electron chi connectivity index (χ0n) is 10.7. The van der Waals surface area contributed by atoms with Crippen molar-refractivity contribution in [3.8, 4) is 0 Å². The second-order valence-electron chi connectivity index (χ2n) is 3.73. The molecule has 1 unspecified atom stereocenters. The summed E-state index contributed by atoms with van der Waals surface area (Å²) in [6.45, 7) is 0.579. The fourth-order valence-electron chi connectivity index (χ4n) is 1.62. The third kappa shape index (κ3) is 3.26. The topological polar surface area (TPSA) is 69.6 Å². The second-order valence-corrected chi connectivity index (χ2v) is 8.03. The van der Waals surface area contributed by atoms with Crippen LogP contribution in [0.15, 0.2) is 29.1 Å². The van der Waals surface area contributed by atoms with Gasteiger partial charge in [-0.05, 0) is 0 Å². The summed E-state index contributed by atoms with van der Waals surface area (Å²) in [6, 6.07) is 7.57. The number of nitrogens with zero attached hydrogens (tertiary/aromatic N) is 1. The first-order valence-electron chi connectivity index (χ1n) is 5.68. The molecular weight excluding hydrogens is 334 g/mol. The molecule has 0 amide bonds. The molecule has 19 heavy (non-hydrogen) atoms. The van der Waals surface area contributed by atoms with Gasteiger partial charge in [0.1, 0.15) is 0 Å². The van der Waals surface area contributed by atoms with Crippen LogP contribution >= 0.6 is 7.75 Å². The maximum atomic E-state index is 12.1. The van der Waals surface area contributed by atoms with Crippen LogP contribution < -0.4 is 10.6 Å². The molecule has 0 saturated carbocycles. The maximum absolute atomic E-state index is 12.1. The zero-order chi connectivity index (χ0) is 13.9. The number of aromatic nitrogens is 1. The Hall–Kier alpha value is -0.681. The normalized spacial score (nSPS) is 14.6. The van der Waals surface area contributed by atoms with E-state index in [1.807, 2.05) is 24.3 Å². The summed E-state index contributed by atoms with van der Waals surface area (Å²) in [5, 5.41) is 3.25. The van der Waals surface area contributed by atoms with Crippen molar-refractivity contribution >= 4 is 32.1 Å². The molecule has 0 aliphatic rings. The van der Waals surface area contributed by atoms with E-state index < -0.39 is 7.75 Å². The number of nitrogens with one attached hydrogen (secondary N) is 1. The van der Waals surface area contributed by atoms with Crippen LogP contribution in [0.3, 0.4) is 0 Å². The van der Waals surface area contributed by atoms with Gasteiger partial charge < -0.3 is 0 Å². The van der Waals surface area contributed by atoms with Gasteiger partial charge in [0.2, 0.25) is 0 Å². The van der Waals surface area contributed by atoms with Crippen LogP contribution in [-0.2, 0) is 20.2 Å². The van der Waals surface area contributed by atoms with E-state index in [-0.39, 0.29) is 26.9 Å². The van der Waals surface area contributed by atoms with Crippen molar-refractivity contribution in [2.45, 2.75) is 6.54 Å². The number of rotatable bonds is 6. The van der Waals surface area contributed by atoms with Gasteiger partial charge in [-0.1, -0.05) is 0 Å². The van der Waals surface area contributed by atoms with E-state index in [4.69, 9.17) is 9.05 Å². The Balaban J connectivity index is 2.09. The van der Waals surface area contributed by atoms with Gasteiger partial charge in [0.15, 0.2) is 0 Å². The van der Waals surface area contributed by atoms with Crippen molar-refractivity contribution in [2.75, 3.05) is 20.8 Å². The van der Waals surface area contributed by atoms with Gasteiger partial charge in [0.05, 0.1) is 0 Å². The van der Waals surface area contributed by atoms with Crippen LogP contribution in [0.25, 0.3) is 9.65 Å². The van der Waals surface area contributed by atoms with Crippen LogP contribution in [-0.4, -0.2) is 39.1 Å². The van der Waals surface area contributed by atoms with Crippen LogP contribution in [0.4, 0.5) is 0 Å². The number of hydrogen-bond donors (Lipinski definition) is 1. The molecule has 0 bridgehead atoms. The van der Waals surface area contributed by atoms with Crippen molar-refractivity contribution in [1.82, 2.24) is 8.65 Å². The molecule has 0 saturated heterocycles. The molecule has 1 aromatic heterocycles. The number of fused-ring (bicyclic) bond motifs is 1. The van der Waals surface area contributed by atoms with E-state index in [2.05, 4.69) is 5.09 Å². The SMILES string of the molecule is CNP(=O)(OC)OCCn1[se]c2ccccc2c1=O. The minimum atomic E-state index is -3.21.